The molecule has 0 fully saturated rings. The van der Waals surface area contributed by atoms with Gasteiger partial charge in [-0.1, -0.05) is 0 Å². The number of methoxy groups -OCH3 is 2. The highest BCUT2D eigenvalue weighted by Gasteiger charge is 2.27. The molecule has 1 unspecified atom stereocenters. The third-order valence-electron chi connectivity index (χ3n) is 4.32. The standard InChI is InChI=1S/C21H23N3O4/c1-12(22-14-5-7-15(8-6-14)23-13(2)25)9-17-16-10-19(27-3)20(28-4)11-18(16)24-21(17)26/h5-12,22H,1-4H3,(H,23,25)(H,24,26). The third-order valence-corrected chi connectivity index (χ3v) is 4.32. The number of hydrogen-bond acceptors (Lipinski definition) is 5. The minimum atomic E-state index is -0.167. The van der Waals surface area contributed by atoms with Crippen LogP contribution < -0.4 is 25.4 Å². The first-order chi connectivity index (χ1) is 13.4. The van der Waals surface area contributed by atoms with Gasteiger partial charge in [0, 0.05) is 41.5 Å². The number of amides is 2. The molecule has 2 aromatic rings. The number of rotatable bonds is 6. The van der Waals surface area contributed by atoms with Crippen LogP contribution in [0.2, 0.25) is 0 Å². The maximum atomic E-state index is 12.4. The summed E-state index contributed by atoms with van der Waals surface area (Å²) in [6.07, 6.45) is 1.87. The fraction of sp³-hybridized carbons (Fsp3) is 0.238. The summed E-state index contributed by atoms with van der Waals surface area (Å²) < 4.78 is 10.6. The van der Waals surface area contributed by atoms with E-state index in [0.29, 0.717) is 22.8 Å². The van der Waals surface area contributed by atoms with Gasteiger partial charge in [0.1, 0.15) is 0 Å². The van der Waals surface area contributed by atoms with Crippen LogP contribution >= 0.6 is 0 Å². The summed E-state index contributed by atoms with van der Waals surface area (Å²) in [7, 11) is 3.12. The molecule has 1 aliphatic rings. The molecule has 2 amide bonds. The predicted octanol–water partition coefficient (Wildman–Crippen LogP) is 3.50. The molecule has 7 nitrogen and oxygen atoms in total. The Balaban J connectivity index is 1.80. The number of fused-ring (bicyclic) bond motifs is 1. The van der Waals surface area contributed by atoms with Crippen LogP contribution in [0.5, 0.6) is 11.5 Å². The fourth-order valence-electron chi connectivity index (χ4n) is 3.09. The quantitative estimate of drug-likeness (QED) is 0.667. The van der Waals surface area contributed by atoms with Gasteiger partial charge in [-0.2, -0.15) is 0 Å². The summed E-state index contributed by atoms with van der Waals surface area (Å²) in [6.45, 7) is 3.43. The number of benzene rings is 2. The van der Waals surface area contributed by atoms with E-state index in [1.165, 1.54) is 6.92 Å². The first-order valence-corrected chi connectivity index (χ1v) is 8.85. The Hall–Kier alpha value is -3.48. The zero-order valence-electron chi connectivity index (χ0n) is 16.3. The molecule has 146 valence electrons. The van der Waals surface area contributed by atoms with Crippen molar-refractivity contribution in [1.82, 2.24) is 0 Å². The van der Waals surface area contributed by atoms with Gasteiger partial charge in [0.05, 0.1) is 19.9 Å². The van der Waals surface area contributed by atoms with Crippen molar-refractivity contribution in [2.24, 2.45) is 0 Å². The Kier molecular flexibility index (Phi) is 5.54. The van der Waals surface area contributed by atoms with Crippen LogP contribution in [0.15, 0.2) is 42.5 Å². The van der Waals surface area contributed by atoms with Gasteiger partial charge in [0.2, 0.25) is 5.91 Å². The second-order valence-electron chi connectivity index (χ2n) is 6.48. The number of nitrogens with one attached hydrogen (secondary N) is 3. The van der Waals surface area contributed by atoms with Crippen LogP contribution in [0.4, 0.5) is 17.1 Å². The minimum absolute atomic E-state index is 0.105. The van der Waals surface area contributed by atoms with E-state index < -0.39 is 0 Å². The van der Waals surface area contributed by atoms with Gasteiger partial charge in [0.25, 0.3) is 5.91 Å². The van der Waals surface area contributed by atoms with Gasteiger partial charge in [-0.25, -0.2) is 0 Å². The van der Waals surface area contributed by atoms with Gasteiger partial charge in [0.15, 0.2) is 11.5 Å². The molecular weight excluding hydrogens is 358 g/mol. The Labute approximate surface area is 163 Å². The summed E-state index contributed by atoms with van der Waals surface area (Å²) in [6, 6.07) is 10.8. The van der Waals surface area contributed by atoms with Gasteiger partial charge >= 0.3 is 0 Å². The summed E-state index contributed by atoms with van der Waals surface area (Å²) in [4.78, 5) is 23.5. The Morgan fingerprint density at radius 2 is 1.68 bits per heavy atom. The van der Waals surface area contributed by atoms with Crippen molar-refractivity contribution >= 4 is 34.4 Å². The highest BCUT2D eigenvalue weighted by Crippen LogP contribution is 2.40. The van der Waals surface area contributed by atoms with Crippen LogP contribution in [-0.2, 0) is 9.59 Å². The largest absolute Gasteiger partial charge is 0.493 e. The van der Waals surface area contributed by atoms with E-state index in [1.54, 1.807) is 26.4 Å². The SMILES string of the molecule is COc1cc2c(cc1OC)C(=CC(C)Nc1ccc(NC(C)=O)cc1)C(=O)N2. The predicted molar refractivity (Wildman–Crippen MR) is 110 cm³/mol. The third kappa shape index (κ3) is 4.09. The summed E-state index contributed by atoms with van der Waals surface area (Å²) in [5.41, 5.74) is 3.66. The van der Waals surface area contributed by atoms with Crippen molar-refractivity contribution in [3.63, 3.8) is 0 Å². The topological polar surface area (TPSA) is 88.7 Å². The summed E-state index contributed by atoms with van der Waals surface area (Å²) >= 11 is 0. The second-order valence-corrected chi connectivity index (χ2v) is 6.48. The van der Waals surface area contributed by atoms with Gasteiger partial charge < -0.3 is 25.4 Å². The lowest BCUT2D eigenvalue weighted by molar-refractivity contribution is -0.114. The molecular formula is C21H23N3O4. The molecule has 0 bridgehead atoms. The lowest BCUT2D eigenvalue weighted by Gasteiger charge is -2.13. The highest BCUT2D eigenvalue weighted by molar-refractivity contribution is 6.31. The molecule has 3 rings (SSSR count). The Morgan fingerprint density at radius 1 is 1.07 bits per heavy atom. The van der Waals surface area contributed by atoms with E-state index in [0.717, 1.165) is 16.9 Å². The summed E-state index contributed by atoms with van der Waals surface area (Å²) in [5, 5.41) is 8.91. The molecule has 0 saturated heterocycles. The zero-order chi connectivity index (χ0) is 20.3. The molecule has 0 radical (unpaired) electrons. The molecule has 2 aromatic carbocycles. The Morgan fingerprint density at radius 3 is 2.29 bits per heavy atom. The van der Waals surface area contributed by atoms with Crippen molar-refractivity contribution in [2.75, 3.05) is 30.2 Å². The number of carbonyl (C=O) groups is 2. The van der Waals surface area contributed by atoms with Crippen molar-refractivity contribution in [3.05, 3.63) is 48.0 Å². The van der Waals surface area contributed by atoms with E-state index in [2.05, 4.69) is 16.0 Å². The number of carbonyl (C=O) groups excluding carboxylic acids is 2. The van der Waals surface area contributed by atoms with E-state index in [4.69, 9.17) is 9.47 Å². The monoisotopic (exact) mass is 381 g/mol. The molecule has 0 saturated carbocycles. The van der Waals surface area contributed by atoms with Gasteiger partial charge in [-0.3, -0.25) is 9.59 Å². The van der Waals surface area contributed by atoms with Crippen LogP contribution in [-0.4, -0.2) is 32.1 Å². The van der Waals surface area contributed by atoms with Crippen LogP contribution in [0.3, 0.4) is 0 Å². The van der Waals surface area contributed by atoms with Crippen molar-refractivity contribution < 1.29 is 19.1 Å². The number of hydrogen-bond donors (Lipinski definition) is 3. The molecule has 28 heavy (non-hydrogen) atoms. The van der Waals surface area contributed by atoms with Crippen LogP contribution in [0, 0.1) is 0 Å². The number of anilines is 3. The molecule has 1 aliphatic heterocycles. The van der Waals surface area contributed by atoms with E-state index in [9.17, 15) is 9.59 Å². The maximum absolute atomic E-state index is 12.4. The summed E-state index contributed by atoms with van der Waals surface area (Å²) in [5.74, 6) is 0.850. The number of ether oxygens (including phenoxy) is 2. The molecule has 0 spiro atoms. The van der Waals surface area contributed by atoms with Crippen molar-refractivity contribution in [3.8, 4) is 11.5 Å². The van der Waals surface area contributed by atoms with E-state index >= 15 is 0 Å². The molecule has 1 atom stereocenters. The minimum Gasteiger partial charge on any atom is -0.493 e. The lowest BCUT2D eigenvalue weighted by Crippen LogP contribution is -2.14. The molecule has 7 heteroatoms. The average molecular weight is 381 g/mol. The lowest BCUT2D eigenvalue weighted by atomic mass is 10.0. The molecule has 0 aromatic heterocycles. The average Bonchev–Trinajstić information content (AvgIpc) is 2.96. The van der Waals surface area contributed by atoms with E-state index in [1.807, 2.05) is 37.3 Å². The molecule has 1 heterocycles. The smallest absolute Gasteiger partial charge is 0.256 e. The second kappa shape index (κ2) is 8.04. The molecule has 0 aliphatic carbocycles. The maximum Gasteiger partial charge on any atom is 0.256 e. The van der Waals surface area contributed by atoms with E-state index in [-0.39, 0.29) is 17.9 Å². The molecule has 3 N–H and O–H groups in total. The van der Waals surface area contributed by atoms with Crippen molar-refractivity contribution in [2.45, 2.75) is 19.9 Å². The highest BCUT2D eigenvalue weighted by atomic mass is 16.5. The van der Waals surface area contributed by atoms with Gasteiger partial charge in [-0.05, 0) is 43.3 Å². The first-order valence-electron chi connectivity index (χ1n) is 8.85. The normalized spacial score (nSPS) is 14.9. The Bertz CT molecular complexity index is 935. The fourth-order valence-corrected chi connectivity index (χ4v) is 3.09. The van der Waals surface area contributed by atoms with Crippen molar-refractivity contribution in [1.29, 1.82) is 0 Å². The van der Waals surface area contributed by atoms with Crippen LogP contribution in [0.25, 0.3) is 5.57 Å². The van der Waals surface area contributed by atoms with Gasteiger partial charge in [-0.15, -0.1) is 0 Å². The first kappa shape index (κ1) is 19.3. The van der Waals surface area contributed by atoms with Crippen LogP contribution in [0.1, 0.15) is 19.4 Å². The zero-order valence-corrected chi connectivity index (χ0v) is 16.3.